The fourth-order valence-electron chi connectivity index (χ4n) is 5.04. The molecule has 0 fully saturated rings. The Kier molecular flexibility index (Phi) is 19.0. The van der Waals surface area contributed by atoms with Gasteiger partial charge in [0.1, 0.15) is 5.75 Å². The van der Waals surface area contributed by atoms with Gasteiger partial charge in [0.25, 0.3) is 0 Å². The average molecular weight is 747 g/mol. The zero-order chi connectivity index (χ0) is 40.2. The molecule has 0 radical (unpaired) electrons. The molecule has 0 bridgehead atoms. The minimum Gasteiger partial charge on any atom is -0.507 e. The van der Waals surface area contributed by atoms with E-state index in [1.807, 2.05) is 6.92 Å². The van der Waals surface area contributed by atoms with Crippen LogP contribution < -0.4 is 10.4 Å². The number of hydrogen-bond donors (Lipinski definition) is 9. The molecule has 0 aromatic heterocycles. The summed E-state index contributed by atoms with van der Waals surface area (Å²) >= 11 is 0. The molecule has 0 spiro atoms. The molecule has 0 atom stereocenters. The molecule has 4 rings (SSSR count). The topological polar surface area (TPSA) is 283 Å². The first-order valence-electron chi connectivity index (χ1n) is 16.0. The first-order valence-corrected chi connectivity index (χ1v) is 16.0. The van der Waals surface area contributed by atoms with Crippen molar-refractivity contribution in [3.8, 4) is 5.75 Å². The van der Waals surface area contributed by atoms with Crippen LogP contribution >= 0.6 is 0 Å². The number of aliphatic hydroxyl groups is 8. The molecule has 1 aliphatic rings. The molecule has 16 heteroatoms. The van der Waals surface area contributed by atoms with Crippen molar-refractivity contribution in [2.45, 2.75) is 46.6 Å². The summed E-state index contributed by atoms with van der Waals surface area (Å²) < 4.78 is 0. The molecule has 0 saturated carbocycles. The lowest BCUT2D eigenvalue weighted by Crippen LogP contribution is -2.19. The second-order valence-electron chi connectivity index (χ2n) is 11.4. The molecule has 0 saturated heterocycles. The van der Waals surface area contributed by atoms with Crippen LogP contribution in [0, 0.1) is 16.9 Å². The summed E-state index contributed by atoms with van der Waals surface area (Å²) in [7, 11) is 0. The number of benzene rings is 3. The highest BCUT2D eigenvalue weighted by atomic mass is 16.7. The number of ketones is 1. The van der Waals surface area contributed by atoms with Gasteiger partial charge < -0.3 is 46.0 Å². The van der Waals surface area contributed by atoms with E-state index >= 15 is 0 Å². The largest absolute Gasteiger partial charge is 0.507 e. The number of carbonyl (C=O) groups excluding carboxylic acids is 1. The van der Waals surface area contributed by atoms with Crippen molar-refractivity contribution in [1.82, 2.24) is 0 Å². The molecule has 0 heterocycles. The third kappa shape index (κ3) is 12.2. The lowest BCUT2D eigenvalue weighted by molar-refractivity contribution is -0.113. The van der Waals surface area contributed by atoms with Gasteiger partial charge in [0.15, 0.2) is 5.78 Å². The van der Waals surface area contributed by atoms with Crippen molar-refractivity contribution in [1.29, 1.82) is 0 Å². The van der Waals surface area contributed by atoms with Gasteiger partial charge in [-0.2, -0.15) is 20.4 Å². The van der Waals surface area contributed by atoms with E-state index in [0.717, 1.165) is 5.56 Å². The van der Waals surface area contributed by atoms with Gasteiger partial charge in [-0.25, -0.2) is 0 Å². The van der Waals surface area contributed by atoms with Crippen LogP contribution in [0.15, 0.2) is 91.9 Å². The maximum absolute atomic E-state index is 11.8. The fraction of sp³-hybridized carbons (Fsp3) is 0.237. The van der Waals surface area contributed by atoms with Gasteiger partial charge in [0.2, 0.25) is 0 Å². The van der Waals surface area contributed by atoms with Crippen molar-refractivity contribution < 1.29 is 50.8 Å². The van der Waals surface area contributed by atoms with E-state index in [1.54, 1.807) is 36.4 Å². The predicted molar refractivity (Wildman–Crippen MR) is 201 cm³/mol. The zero-order valence-electron chi connectivity index (χ0n) is 29.3. The Morgan fingerprint density at radius 3 is 1.35 bits per heavy atom. The summed E-state index contributed by atoms with van der Waals surface area (Å²) in [5.41, 5.74) is 6.16. The van der Waals surface area contributed by atoms with Crippen LogP contribution in [0.1, 0.15) is 50.1 Å². The standard InChI is InChI=1S/C19H22N2O5.C19H20N2O5.O2/c2*1-12-15(8-22)2-13(3-16(12)9-23)6-20-21-7-14-4-17(10-24)19(26)18(5-14)11-25;1-2/h2-7,22-26H,8-11H2,1H3;2-7,22-25H,1,8-11H2;. The maximum atomic E-state index is 11.8. The number of aromatic hydroxyl groups is 1. The van der Waals surface area contributed by atoms with Crippen molar-refractivity contribution in [2.75, 3.05) is 13.2 Å². The van der Waals surface area contributed by atoms with Crippen molar-refractivity contribution in [3.63, 3.8) is 0 Å². The maximum Gasteiger partial charge on any atom is 0.189 e. The third-order valence-corrected chi connectivity index (χ3v) is 7.98. The predicted octanol–water partition coefficient (Wildman–Crippen LogP) is 0.766. The van der Waals surface area contributed by atoms with Crippen LogP contribution in [0.25, 0.3) is 12.8 Å². The third-order valence-electron chi connectivity index (χ3n) is 7.98. The van der Waals surface area contributed by atoms with Gasteiger partial charge in [-0.1, -0.05) is 6.58 Å². The number of hydrogen-bond acceptors (Lipinski definition) is 16. The fourth-order valence-corrected chi connectivity index (χ4v) is 5.04. The number of azo groups is 1. The number of phenols is 1. The first-order chi connectivity index (χ1) is 26.1. The van der Waals surface area contributed by atoms with E-state index in [-0.39, 0.29) is 56.5 Å². The first kappa shape index (κ1) is 44.5. The Morgan fingerprint density at radius 1 is 0.574 bits per heavy atom. The summed E-state index contributed by atoms with van der Waals surface area (Å²) in [4.78, 5) is 25.8. The van der Waals surface area contributed by atoms with Crippen LogP contribution in [0.2, 0.25) is 0 Å². The molecule has 0 unspecified atom stereocenters. The van der Waals surface area contributed by atoms with E-state index < -0.39 is 19.0 Å². The highest BCUT2D eigenvalue weighted by Gasteiger charge is 2.18. The van der Waals surface area contributed by atoms with Crippen LogP contribution in [0.3, 0.4) is 0 Å². The summed E-state index contributed by atoms with van der Waals surface area (Å²) in [6, 6.07) is 10.0. The van der Waals surface area contributed by atoms with Gasteiger partial charge in [0.05, 0.1) is 77.7 Å². The second-order valence-corrected chi connectivity index (χ2v) is 11.4. The Bertz CT molecular complexity index is 1890. The monoisotopic (exact) mass is 746 g/mol. The van der Waals surface area contributed by atoms with Gasteiger partial charge in [0, 0.05) is 32.2 Å². The molecule has 1 aliphatic carbocycles. The average Bonchev–Trinajstić information content (AvgIpc) is 3.20. The van der Waals surface area contributed by atoms with E-state index in [1.165, 1.54) is 37.0 Å². The van der Waals surface area contributed by atoms with Gasteiger partial charge >= 0.3 is 0 Å². The number of Topliss-reactive ketones (excluding diaryl/α,β-unsaturated/α-hetero) is 1. The highest BCUT2D eigenvalue weighted by molar-refractivity contribution is 6.10. The lowest BCUT2D eigenvalue weighted by Gasteiger charge is -2.11. The van der Waals surface area contributed by atoms with Crippen molar-refractivity contribution in [2.24, 2.45) is 20.4 Å². The van der Waals surface area contributed by atoms with E-state index in [4.69, 9.17) is 9.93 Å². The number of rotatable bonds is 13. The highest BCUT2D eigenvalue weighted by Crippen LogP contribution is 2.24. The van der Waals surface area contributed by atoms with E-state index in [0.29, 0.717) is 60.5 Å². The second kappa shape index (κ2) is 23.1. The molecule has 16 nitrogen and oxygen atoms in total. The molecule has 54 heavy (non-hydrogen) atoms. The molecular formula is C38H42N4O12. The summed E-state index contributed by atoms with van der Waals surface area (Å²) in [6.07, 6.45) is 8.73. The minimum atomic E-state index is -0.429. The molecule has 286 valence electrons. The Hall–Kier alpha value is -5.69. The molecule has 0 amide bonds. The van der Waals surface area contributed by atoms with Crippen LogP contribution in [0.5, 0.6) is 5.75 Å². The summed E-state index contributed by atoms with van der Waals surface area (Å²) in [5, 5.41) is 101. The SMILES string of the molecule is C=c1c(CO)cc(=CN=NC=C2C=C(CO)C(=O)C(CO)=C2)cc1CO.Cc1c(CO)cc(C=NN=Cc2cc(CO)c(O)c(CO)c2)cc1CO.O=O. The van der Waals surface area contributed by atoms with Gasteiger partial charge in [-0.15, -0.1) is 0 Å². The Labute approximate surface area is 309 Å². The number of carbonyl (C=O) groups is 1. The number of aliphatic hydroxyl groups excluding tert-OH is 8. The molecule has 3 aromatic rings. The molecular weight excluding hydrogens is 704 g/mol. The summed E-state index contributed by atoms with van der Waals surface area (Å²) in [5.74, 6) is -0.527. The van der Waals surface area contributed by atoms with Crippen LogP contribution in [0.4, 0.5) is 0 Å². The zero-order valence-corrected chi connectivity index (χ0v) is 29.3. The van der Waals surface area contributed by atoms with Crippen LogP contribution in [-0.4, -0.2) is 77.4 Å². The Morgan fingerprint density at radius 2 is 0.963 bits per heavy atom. The minimum absolute atomic E-state index is 0.134. The molecule has 3 aromatic carbocycles. The van der Waals surface area contributed by atoms with E-state index in [2.05, 4.69) is 27.0 Å². The normalized spacial score (nSPS) is 12.7. The number of allylic oxidation sites excluding steroid dienone is 3. The Balaban J connectivity index is 0.000000357. The number of nitrogens with zero attached hydrogens (tertiary/aromatic N) is 4. The van der Waals surface area contributed by atoms with Gasteiger partial charge in [-0.05, 0) is 110 Å². The lowest BCUT2D eigenvalue weighted by atomic mass is 9.95. The van der Waals surface area contributed by atoms with Crippen molar-refractivity contribution in [3.05, 3.63) is 142 Å². The smallest absolute Gasteiger partial charge is 0.189 e. The quantitative estimate of drug-likeness (QED) is 0.0666. The van der Waals surface area contributed by atoms with Crippen molar-refractivity contribution >= 4 is 31.0 Å². The molecule has 9 N–H and O–H groups in total. The van der Waals surface area contributed by atoms with Crippen LogP contribution in [-0.2, 0) is 44.4 Å². The van der Waals surface area contributed by atoms with Gasteiger partial charge in [-0.3, -0.25) is 4.79 Å². The van der Waals surface area contributed by atoms with E-state index in [9.17, 15) is 50.8 Å². The summed E-state index contributed by atoms with van der Waals surface area (Å²) in [6.45, 7) is 3.40. The molecule has 0 aliphatic heterocycles.